The van der Waals surface area contributed by atoms with Crippen molar-refractivity contribution < 1.29 is 9.53 Å². The lowest BCUT2D eigenvalue weighted by Gasteiger charge is -2.29. The predicted molar refractivity (Wildman–Crippen MR) is 111 cm³/mol. The Morgan fingerprint density at radius 2 is 1.61 bits per heavy atom. The van der Waals surface area contributed by atoms with Gasteiger partial charge < -0.3 is 15.0 Å². The number of fused-ring (bicyclic) bond motifs is 1. The SMILES string of the molecule is O=C(CNc1ccc(OCc2ccccc2)cc1)N1CCc2ccccc2C1. The first kappa shape index (κ1) is 18.1. The highest BCUT2D eigenvalue weighted by molar-refractivity contribution is 5.81. The lowest BCUT2D eigenvalue weighted by molar-refractivity contribution is -0.130. The van der Waals surface area contributed by atoms with Crippen LogP contribution in [0.2, 0.25) is 0 Å². The molecule has 1 heterocycles. The molecule has 1 N–H and O–H groups in total. The van der Waals surface area contributed by atoms with Crippen molar-refractivity contribution in [3.8, 4) is 5.75 Å². The summed E-state index contributed by atoms with van der Waals surface area (Å²) in [7, 11) is 0. The van der Waals surface area contributed by atoms with Crippen LogP contribution in [0.25, 0.3) is 0 Å². The summed E-state index contributed by atoms with van der Waals surface area (Å²) < 4.78 is 5.80. The fraction of sp³-hybridized carbons (Fsp3) is 0.208. The van der Waals surface area contributed by atoms with Crippen LogP contribution in [0, 0.1) is 0 Å². The van der Waals surface area contributed by atoms with E-state index in [1.165, 1.54) is 11.1 Å². The molecule has 142 valence electrons. The van der Waals surface area contributed by atoms with Crippen molar-refractivity contribution in [3.63, 3.8) is 0 Å². The second-order valence-corrected chi connectivity index (χ2v) is 6.99. The number of rotatable bonds is 6. The molecular weight excluding hydrogens is 348 g/mol. The Kier molecular flexibility index (Phi) is 5.57. The largest absolute Gasteiger partial charge is 0.489 e. The van der Waals surface area contributed by atoms with Gasteiger partial charge in [0.25, 0.3) is 0 Å². The molecule has 1 aliphatic heterocycles. The van der Waals surface area contributed by atoms with Crippen molar-refractivity contribution in [2.45, 2.75) is 19.6 Å². The van der Waals surface area contributed by atoms with E-state index in [0.717, 1.165) is 30.0 Å². The third-order valence-electron chi connectivity index (χ3n) is 5.03. The van der Waals surface area contributed by atoms with Crippen LogP contribution in [0.15, 0.2) is 78.9 Å². The molecular formula is C24H24N2O2. The number of nitrogens with one attached hydrogen (secondary N) is 1. The number of hydrogen-bond donors (Lipinski definition) is 1. The molecule has 3 aromatic carbocycles. The molecule has 1 amide bonds. The molecule has 1 aliphatic rings. The summed E-state index contributed by atoms with van der Waals surface area (Å²) in [4.78, 5) is 14.5. The number of nitrogens with zero attached hydrogens (tertiary/aromatic N) is 1. The van der Waals surface area contributed by atoms with E-state index in [1.54, 1.807) is 0 Å². The third-order valence-corrected chi connectivity index (χ3v) is 5.03. The van der Waals surface area contributed by atoms with Crippen molar-refractivity contribution in [3.05, 3.63) is 95.6 Å². The zero-order chi connectivity index (χ0) is 19.2. The van der Waals surface area contributed by atoms with E-state index in [0.29, 0.717) is 19.7 Å². The molecule has 4 nitrogen and oxygen atoms in total. The van der Waals surface area contributed by atoms with E-state index in [1.807, 2.05) is 65.6 Å². The first-order valence-electron chi connectivity index (χ1n) is 9.63. The Bertz CT molecular complexity index is 923. The van der Waals surface area contributed by atoms with Crippen molar-refractivity contribution in [1.29, 1.82) is 0 Å². The lowest BCUT2D eigenvalue weighted by Crippen LogP contribution is -2.39. The van der Waals surface area contributed by atoms with E-state index in [4.69, 9.17) is 4.74 Å². The number of amides is 1. The number of hydrogen-bond acceptors (Lipinski definition) is 3. The zero-order valence-electron chi connectivity index (χ0n) is 15.8. The third kappa shape index (κ3) is 4.52. The summed E-state index contributed by atoms with van der Waals surface area (Å²) in [6.07, 6.45) is 0.926. The second kappa shape index (κ2) is 8.61. The van der Waals surface area contributed by atoms with Gasteiger partial charge in [0.1, 0.15) is 12.4 Å². The molecule has 0 aromatic heterocycles. The van der Waals surface area contributed by atoms with Gasteiger partial charge in [-0.25, -0.2) is 0 Å². The van der Waals surface area contributed by atoms with Crippen LogP contribution in [0.4, 0.5) is 5.69 Å². The summed E-state index contributed by atoms with van der Waals surface area (Å²) >= 11 is 0. The molecule has 0 radical (unpaired) electrons. The molecule has 0 bridgehead atoms. The highest BCUT2D eigenvalue weighted by Gasteiger charge is 2.19. The number of ether oxygens (including phenoxy) is 1. The van der Waals surface area contributed by atoms with Gasteiger partial charge in [0.2, 0.25) is 5.91 Å². The number of benzene rings is 3. The minimum absolute atomic E-state index is 0.124. The molecule has 0 saturated carbocycles. The Balaban J connectivity index is 1.26. The van der Waals surface area contributed by atoms with Gasteiger partial charge in [-0.2, -0.15) is 0 Å². The average molecular weight is 372 g/mol. The summed E-state index contributed by atoms with van der Waals surface area (Å²) in [5.74, 6) is 0.937. The van der Waals surface area contributed by atoms with Crippen molar-refractivity contribution >= 4 is 11.6 Å². The molecule has 4 heteroatoms. The first-order valence-corrected chi connectivity index (χ1v) is 9.63. The maximum Gasteiger partial charge on any atom is 0.242 e. The molecule has 0 atom stereocenters. The Labute approximate surface area is 165 Å². The van der Waals surface area contributed by atoms with Crippen LogP contribution >= 0.6 is 0 Å². The maximum absolute atomic E-state index is 12.5. The van der Waals surface area contributed by atoms with Crippen LogP contribution in [0.5, 0.6) is 5.75 Å². The van der Waals surface area contributed by atoms with Gasteiger partial charge in [0.15, 0.2) is 0 Å². The summed E-state index contributed by atoms with van der Waals surface area (Å²) in [6.45, 7) is 2.32. The Morgan fingerprint density at radius 1 is 0.893 bits per heavy atom. The van der Waals surface area contributed by atoms with Crippen molar-refractivity contribution in [2.75, 3.05) is 18.4 Å². The van der Waals surface area contributed by atoms with E-state index >= 15 is 0 Å². The highest BCUT2D eigenvalue weighted by Crippen LogP contribution is 2.19. The van der Waals surface area contributed by atoms with Crippen molar-refractivity contribution in [1.82, 2.24) is 4.90 Å². The van der Waals surface area contributed by atoms with E-state index < -0.39 is 0 Å². The fourth-order valence-corrected chi connectivity index (χ4v) is 3.41. The van der Waals surface area contributed by atoms with Gasteiger partial charge in [0, 0.05) is 18.8 Å². The number of carbonyl (C=O) groups excluding carboxylic acids is 1. The molecule has 0 fully saturated rings. The summed E-state index contributed by atoms with van der Waals surface area (Å²) in [6, 6.07) is 26.2. The molecule has 0 aliphatic carbocycles. The lowest BCUT2D eigenvalue weighted by atomic mass is 10.00. The molecule has 4 rings (SSSR count). The van der Waals surface area contributed by atoms with Gasteiger partial charge in [-0.1, -0.05) is 54.6 Å². The number of anilines is 1. The van der Waals surface area contributed by atoms with Crippen LogP contribution < -0.4 is 10.1 Å². The Hall–Kier alpha value is -3.27. The minimum Gasteiger partial charge on any atom is -0.489 e. The highest BCUT2D eigenvalue weighted by atomic mass is 16.5. The normalized spacial score (nSPS) is 12.9. The first-order chi connectivity index (χ1) is 13.8. The summed E-state index contributed by atoms with van der Waals surface area (Å²) in [5, 5.41) is 3.22. The van der Waals surface area contributed by atoms with Gasteiger partial charge >= 0.3 is 0 Å². The van der Waals surface area contributed by atoms with Gasteiger partial charge in [-0.05, 0) is 47.4 Å². The predicted octanol–water partition coefficient (Wildman–Crippen LogP) is 4.26. The molecule has 3 aromatic rings. The molecule has 0 saturated heterocycles. The van der Waals surface area contributed by atoms with E-state index in [9.17, 15) is 4.79 Å². The van der Waals surface area contributed by atoms with Crippen molar-refractivity contribution in [2.24, 2.45) is 0 Å². The van der Waals surface area contributed by atoms with Gasteiger partial charge in [-0.3, -0.25) is 4.79 Å². The molecule has 0 spiro atoms. The van der Waals surface area contributed by atoms with E-state index in [2.05, 4.69) is 23.5 Å². The van der Waals surface area contributed by atoms with Crippen LogP contribution in [-0.4, -0.2) is 23.9 Å². The van der Waals surface area contributed by atoms with Crippen LogP contribution in [-0.2, 0) is 24.4 Å². The van der Waals surface area contributed by atoms with Gasteiger partial charge in [-0.15, -0.1) is 0 Å². The standard InChI is InChI=1S/C24H24N2O2/c27-24(26-15-14-20-8-4-5-9-21(20)17-26)16-25-22-10-12-23(13-11-22)28-18-19-6-2-1-3-7-19/h1-13,25H,14-18H2. The molecule has 28 heavy (non-hydrogen) atoms. The van der Waals surface area contributed by atoms with Crippen LogP contribution in [0.3, 0.4) is 0 Å². The fourth-order valence-electron chi connectivity index (χ4n) is 3.41. The topological polar surface area (TPSA) is 41.6 Å². The molecule has 0 unspecified atom stereocenters. The van der Waals surface area contributed by atoms with Crippen LogP contribution in [0.1, 0.15) is 16.7 Å². The summed E-state index contributed by atoms with van der Waals surface area (Å²) in [5.41, 5.74) is 4.66. The minimum atomic E-state index is 0.124. The maximum atomic E-state index is 12.5. The second-order valence-electron chi connectivity index (χ2n) is 6.99. The zero-order valence-corrected chi connectivity index (χ0v) is 15.8. The monoisotopic (exact) mass is 372 g/mol. The Morgan fingerprint density at radius 3 is 2.39 bits per heavy atom. The smallest absolute Gasteiger partial charge is 0.242 e. The number of carbonyl (C=O) groups is 1. The van der Waals surface area contributed by atoms with E-state index in [-0.39, 0.29) is 5.91 Å². The average Bonchev–Trinajstić information content (AvgIpc) is 2.77. The van der Waals surface area contributed by atoms with Gasteiger partial charge in [0.05, 0.1) is 6.54 Å². The quantitative estimate of drug-likeness (QED) is 0.703.